The van der Waals surface area contributed by atoms with Gasteiger partial charge in [-0.3, -0.25) is 4.79 Å². The highest BCUT2D eigenvalue weighted by atomic mass is 16.6. The van der Waals surface area contributed by atoms with E-state index in [2.05, 4.69) is 59.8 Å². The Kier molecular flexibility index (Phi) is 14.4. The zero-order valence-corrected chi connectivity index (χ0v) is 37.5. The number of aromatic hydroxyl groups is 2. The second kappa shape index (κ2) is 18.3. The predicted molar refractivity (Wildman–Crippen MR) is 235 cm³/mol. The van der Waals surface area contributed by atoms with Crippen LogP contribution in [0.25, 0.3) is 0 Å². The molecule has 0 radical (unpaired) electrons. The lowest BCUT2D eigenvalue weighted by atomic mass is 9.44. The molecule has 1 aromatic carbocycles. The van der Waals surface area contributed by atoms with Crippen LogP contribution in [-0.4, -0.2) is 62.2 Å². The van der Waals surface area contributed by atoms with Crippen LogP contribution in [0.4, 0.5) is 0 Å². The molecule has 2 saturated carbocycles. The Balaban J connectivity index is 1.32. The number of hydrogen-bond donors (Lipinski definition) is 5. The average Bonchev–Trinajstić information content (AvgIpc) is 3.47. The van der Waals surface area contributed by atoms with Gasteiger partial charge in [0.2, 0.25) is 0 Å². The Morgan fingerprint density at radius 1 is 0.949 bits per heavy atom. The van der Waals surface area contributed by atoms with E-state index in [0.29, 0.717) is 60.9 Å². The molecule has 8 atom stereocenters. The summed E-state index contributed by atoms with van der Waals surface area (Å²) in [6.45, 7) is 18.9. The van der Waals surface area contributed by atoms with Gasteiger partial charge in [-0.2, -0.15) is 0 Å². The number of ketones is 1. The van der Waals surface area contributed by atoms with E-state index in [1.165, 1.54) is 36.3 Å². The molecule has 0 heterocycles. The minimum Gasteiger partial charge on any atom is -0.508 e. The molecular weight excluding hydrogens is 741 g/mol. The lowest BCUT2D eigenvalue weighted by molar-refractivity contribution is -0.165. The van der Waals surface area contributed by atoms with Gasteiger partial charge in [-0.15, -0.1) is 0 Å². The maximum Gasteiger partial charge on any atom is 0.334 e. The van der Waals surface area contributed by atoms with Crippen molar-refractivity contribution >= 4 is 11.8 Å². The van der Waals surface area contributed by atoms with Crippen LogP contribution in [0.1, 0.15) is 145 Å². The van der Waals surface area contributed by atoms with Crippen molar-refractivity contribution in [2.75, 3.05) is 13.2 Å². The predicted octanol–water partition coefficient (Wildman–Crippen LogP) is 10.2. The van der Waals surface area contributed by atoms with Gasteiger partial charge >= 0.3 is 5.97 Å². The van der Waals surface area contributed by atoms with Crippen LogP contribution in [0.2, 0.25) is 0 Å². The Morgan fingerprint density at radius 2 is 1.64 bits per heavy atom. The zero-order valence-electron chi connectivity index (χ0n) is 37.5. The van der Waals surface area contributed by atoms with Crippen molar-refractivity contribution in [1.82, 2.24) is 0 Å². The molecule has 4 aliphatic carbocycles. The number of Topliss-reactive ketones (excluding diaryl/α,β-unsaturated/α-hetero) is 1. The fourth-order valence-electron chi connectivity index (χ4n) is 11.6. The van der Waals surface area contributed by atoms with Crippen LogP contribution >= 0.6 is 0 Å². The maximum atomic E-state index is 14.1. The number of rotatable bonds is 17. The van der Waals surface area contributed by atoms with Gasteiger partial charge in [-0.05, 0) is 161 Å². The first-order valence-corrected chi connectivity index (χ1v) is 22.3. The van der Waals surface area contributed by atoms with Gasteiger partial charge in [0.05, 0.1) is 13.2 Å². The summed E-state index contributed by atoms with van der Waals surface area (Å²) in [5.41, 5.74) is 3.95. The van der Waals surface area contributed by atoms with Gasteiger partial charge in [0.15, 0.2) is 0 Å². The summed E-state index contributed by atoms with van der Waals surface area (Å²) < 4.78 is 6.17. The third-order valence-electron chi connectivity index (χ3n) is 16.0. The van der Waals surface area contributed by atoms with Crippen molar-refractivity contribution in [3.05, 3.63) is 82.0 Å². The molecule has 8 nitrogen and oxygen atoms in total. The first-order valence-electron chi connectivity index (χ1n) is 22.3. The highest BCUT2D eigenvalue weighted by Crippen LogP contribution is 2.71. The number of ether oxygens (including phenoxy) is 1. The van der Waals surface area contributed by atoms with E-state index in [1.807, 2.05) is 19.9 Å². The molecule has 1 aromatic rings. The molecule has 1 unspecified atom stereocenters. The number of esters is 1. The smallest absolute Gasteiger partial charge is 0.334 e. The van der Waals surface area contributed by atoms with Gasteiger partial charge in [0, 0.05) is 23.0 Å². The second-order valence-electron chi connectivity index (χ2n) is 20.2. The van der Waals surface area contributed by atoms with E-state index in [0.717, 1.165) is 56.1 Å². The molecule has 0 aromatic heterocycles. The van der Waals surface area contributed by atoms with Crippen molar-refractivity contribution in [3.63, 3.8) is 0 Å². The summed E-state index contributed by atoms with van der Waals surface area (Å²) in [5.74, 6) is 0.813. The summed E-state index contributed by atoms with van der Waals surface area (Å²) in [7, 11) is 0. The minimum absolute atomic E-state index is 0.00356. The van der Waals surface area contributed by atoms with Crippen LogP contribution in [0.15, 0.2) is 76.4 Å². The Labute approximate surface area is 354 Å². The lowest BCUT2D eigenvalue weighted by Crippen LogP contribution is -2.53. The van der Waals surface area contributed by atoms with E-state index in [9.17, 15) is 35.1 Å². The topological polar surface area (TPSA) is 145 Å². The van der Waals surface area contributed by atoms with E-state index < -0.39 is 24.3 Å². The highest BCUT2D eigenvalue weighted by molar-refractivity contribution is 5.88. The third kappa shape index (κ3) is 9.40. The molecule has 4 aliphatic rings. The molecule has 5 rings (SSSR count). The van der Waals surface area contributed by atoms with Gasteiger partial charge in [0.1, 0.15) is 29.0 Å². The molecule has 59 heavy (non-hydrogen) atoms. The van der Waals surface area contributed by atoms with Crippen molar-refractivity contribution < 1.29 is 39.9 Å². The number of hydrogen-bond acceptors (Lipinski definition) is 8. The largest absolute Gasteiger partial charge is 0.508 e. The normalized spacial score (nSPS) is 30.3. The average molecular weight is 815 g/mol. The first kappa shape index (κ1) is 46.6. The molecule has 0 aliphatic heterocycles. The second-order valence-corrected chi connectivity index (χ2v) is 20.2. The maximum absolute atomic E-state index is 14.1. The number of phenols is 2. The number of aliphatic hydroxyl groups excluding tert-OH is 2. The minimum atomic E-state index is -1.66. The van der Waals surface area contributed by atoms with E-state index in [4.69, 9.17) is 4.74 Å². The molecule has 0 amide bonds. The number of phenolic OH excluding ortho intramolecular Hbond substituents is 2. The Hall–Kier alpha value is -3.46. The number of fused-ring (bicyclic) bond motifs is 5. The quantitative estimate of drug-likeness (QED) is 0.0453. The summed E-state index contributed by atoms with van der Waals surface area (Å²) in [6.07, 6.45) is 19.4. The molecule has 326 valence electrons. The zero-order chi connectivity index (χ0) is 43.6. The van der Waals surface area contributed by atoms with Crippen molar-refractivity contribution in [2.45, 2.75) is 157 Å². The van der Waals surface area contributed by atoms with Crippen LogP contribution < -0.4 is 0 Å². The molecule has 5 N–H and O–H groups in total. The van der Waals surface area contributed by atoms with Gasteiger partial charge in [0.25, 0.3) is 0 Å². The van der Waals surface area contributed by atoms with Gasteiger partial charge < -0.3 is 30.3 Å². The SMILES string of the molecule is C/C(=C\CC/C(C)=C/CC/C(=C/Cc1cc(O)ccc1O)C(=O)O[C@@H](CC[C@@H](C)[C@H]1CC[C@@]2(C)C3=CC[C@H]4C(C)(C)C(=O)CC[C@]4(C)C3=CC[C@]12C)C(C)(O)CO)CO. The number of benzene rings is 1. The van der Waals surface area contributed by atoms with Gasteiger partial charge in [-0.25, -0.2) is 4.79 Å². The summed E-state index contributed by atoms with van der Waals surface area (Å²) in [6, 6.07) is 4.30. The standard InChI is InChI=1S/C51H74O8/c1-33(12-10-14-34(2)31-52)13-11-15-36(17-18-37-30-38(54)19-21-42(37)55)46(57)59-45(51(9,58)32-53)23-16-35(3)39-24-28-50(8)41-20-22-43-47(4,5)44(56)26-27-48(43,6)40(41)25-29-49(39,50)7/h13-14,17,19-21,25,30,35,39,43,45,52-55,58H,10-12,15-16,18,22-24,26-29,31-32H2,1-9H3/b33-13+,34-14+,36-17-/t35-,39-,43+,45+,48-,49-,50+,51?/m1/s1. The fraction of sp³-hybridized carbons (Fsp3) is 0.647. The number of allylic oxidation sites excluding steroid dienone is 8. The number of aliphatic hydroxyl groups is 3. The highest BCUT2D eigenvalue weighted by Gasteiger charge is 2.63. The lowest BCUT2D eigenvalue weighted by Gasteiger charge is -2.59. The van der Waals surface area contributed by atoms with E-state index in [-0.39, 0.29) is 52.1 Å². The van der Waals surface area contributed by atoms with Crippen molar-refractivity contribution in [2.24, 2.45) is 39.4 Å². The molecule has 8 heteroatoms. The van der Waals surface area contributed by atoms with Gasteiger partial charge in [-0.1, -0.05) is 83.1 Å². The van der Waals surface area contributed by atoms with Crippen molar-refractivity contribution in [3.8, 4) is 11.5 Å². The molecule has 2 fully saturated rings. The molecule has 0 bridgehead atoms. The summed E-state index contributed by atoms with van der Waals surface area (Å²) in [5, 5.41) is 51.6. The first-order chi connectivity index (χ1) is 27.6. The third-order valence-corrected chi connectivity index (χ3v) is 16.0. The van der Waals surface area contributed by atoms with Crippen LogP contribution in [0, 0.1) is 39.4 Å². The van der Waals surface area contributed by atoms with Crippen LogP contribution in [-0.2, 0) is 20.7 Å². The molecule has 0 spiro atoms. The van der Waals surface area contributed by atoms with Crippen molar-refractivity contribution in [1.29, 1.82) is 0 Å². The monoisotopic (exact) mass is 815 g/mol. The Bertz CT molecular complexity index is 1880. The summed E-state index contributed by atoms with van der Waals surface area (Å²) in [4.78, 5) is 27.1. The van der Waals surface area contributed by atoms with Crippen LogP contribution in [0.3, 0.4) is 0 Å². The number of carbonyl (C=O) groups excluding carboxylic acids is 2. The fourth-order valence-corrected chi connectivity index (χ4v) is 11.6. The molecule has 0 saturated heterocycles. The summed E-state index contributed by atoms with van der Waals surface area (Å²) >= 11 is 0. The van der Waals surface area contributed by atoms with E-state index in [1.54, 1.807) is 6.08 Å². The molecular formula is C51H74O8. The van der Waals surface area contributed by atoms with E-state index >= 15 is 0 Å². The number of carbonyl (C=O) groups is 2. The Morgan fingerprint density at radius 3 is 2.34 bits per heavy atom. The van der Waals surface area contributed by atoms with Crippen LogP contribution in [0.5, 0.6) is 11.5 Å².